The maximum Gasteiger partial charge on any atom is 0.325 e. The van der Waals surface area contributed by atoms with Gasteiger partial charge in [0.1, 0.15) is 12.6 Å². The summed E-state index contributed by atoms with van der Waals surface area (Å²) in [5, 5.41) is 0. The number of carbonyl (C=O) groups is 2. The fourth-order valence-corrected chi connectivity index (χ4v) is 2.17. The van der Waals surface area contributed by atoms with Crippen LogP contribution in [0.4, 0.5) is 0 Å². The first-order chi connectivity index (χ1) is 7.97. The molecule has 5 heteroatoms. The average Bonchev–Trinajstić information content (AvgIpc) is 2.68. The second kappa shape index (κ2) is 6.12. The summed E-state index contributed by atoms with van der Waals surface area (Å²) in [5.41, 5.74) is 0. The van der Waals surface area contributed by atoms with E-state index in [-0.39, 0.29) is 36.5 Å². The predicted octanol–water partition coefficient (Wildman–Crippen LogP) is 0.616. The van der Waals surface area contributed by atoms with Gasteiger partial charge in [0.05, 0.1) is 13.2 Å². The highest BCUT2D eigenvalue weighted by molar-refractivity contribution is 5.78. The minimum absolute atomic E-state index is 0.0309. The molecule has 0 aromatic carbocycles. The standard InChI is InChI=1S/C12H21NO4/c1-8(2)13-6-5-10(17-7-9(3)14)11(13)12(15)16-4/h8,10-11H,5-7H2,1-4H3/t10-,11+/m1/s1. The lowest BCUT2D eigenvalue weighted by molar-refractivity contribution is -0.152. The molecule has 0 amide bonds. The smallest absolute Gasteiger partial charge is 0.325 e. The Labute approximate surface area is 102 Å². The lowest BCUT2D eigenvalue weighted by Crippen LogP contribution is -2.46. The van der Waals surface area contributed by atoms with Gasteiger partial charge in [-0.25, -0.2) is 0 Å². The van der Waals surface area contributed by atoms with E-state index < -0.39 is 0 Å². The predicted molar refractivity (Wildman–Crippen MR) is 62.7 cm³/mol. The Bertz CT molecular complexity index is 290. The summed E-state index contributed by atoms with van der Waals surface area (Å²) in [6.07, 6.45) is 0.513. The molecule has 1 aliphatic rings. The molecular weight excluding hydrogens is 222 g/mol. The Kier molecular flexibility index (Phi) is 5.08. The van der Waals surface area contributed by atoms with Crippen molar-refractivity contribution in [2.45, 2.75) is 45.4 Å². The monoisotopic (exact) mass is 243 g/mol. The second-order valence-corrected chi connectivity index (χ2v) is 4.64. The third-order valence-corrected chi connectivity index (χ3v) is 2.99. The van der Waals surface area contributed by atoms with Gasteiger partial charge in [-0.2, -0.15) is 0 Å². The summed E-state index contributed by atoms with van der Waals surface area (Å²) in [4.78, 5) is 24.7. The number of likely N-dealkylation sites (tertiary alicyclic amines) is 1. The molecule has 2 atom stereocenters. The average molecular weight is 243 g/mol. The Morgan fingerprint density at radius 3 is 2.53 bits per heavy atom. The molecule has 1 heterocycles. The molecule has 0 radical (unpaired) electrons. The van der Waals surface area contributed by atoms with Gasteiger partial charge in [0.15, 0.2) is 5.78 Å². The van der Waals surface area contributed by atoms with Gasteiger partial charge in [0.25, 0.3) is 0 Å². The van der Waals surface area contributed by atoms with Gasteiger partial charge >= 0.3 is 5.97 Å². The van der Waals surface area contributed by atoms with Gasteiger partial charge < -0.3 is 9.47 Å². The minimum Gasteiger partial charge on any atom is -0.468 e. The summed E-state index contributed by atoms with van der Waals surface area (Å²) in [7, 11) is 1.38. The molecule has 5 nitrogen and oxygen atoms in total. The third-order valence-electron chi connectivity index (χ3n) is 2.99. The van der Waals surface area contributed by atoms with Crippen molar-refractivity contribution in [3.63, 3.8) is 0 Å². The van der Waals surface area contributed by atoms with E-state index in [1.165, 1.54) is 14.0 Å². The molecule has 0 aromatic heterocycles. The molecule has 1 fully saturated rings. The number of hydrogen-bond acceptors (Lipinski definition) is 5. The van der Waals surface area contributed by atoms with Crippen LogP contribution in [0.3, 0.4) is 0 Å². The maximum atomic E-state index is 11.8. The third kappa shape index (κ3) is 3.51. The van der Waals surface area contributed by atoms with Crippen LogP contribution >= 0.6 is 0 Å². The van der Waals surface area contributed by atoms with Gasteiger partial charge in [-0.1, -0.05) is 0 Å². The molecule has 0 spiro atoms. The van der Waals surface area contributed by atoms with Crippen molar-refractivity contribution >= 4 is 11.8 Å². The number of esters is 1. The van der Waals surface area contributed by atoms with Crippen molar-refractivity contribution in [1.29, 1.82) is 0 Å². The fourth-order valence-electron chi connectivity index (χ4n) is 2.17. The van der Waals surface area contributed by atoms with Crippen molar-refractivity contribution in [1.82, 2.24) is 4.90 Å². The van der Waals surface area contributed by atoms with Gasteiger partial charge in [-0.05, 0) is 27.2 Å². The van der Waals surface area contributed by atoms with E-state index in [1.54, 1.807) is 0 Å². The van der Waals surface area contributed by atoms with E-state index in [2.05, 4.69) is 4.90 Å². The van der Waals surface area contributed by atoms with Crippen LogP contribution in [-0.2, 0) is 19.1 Å². The van der Waals surface area contributed by atoms with E-state index in [1.807, 2.05) is 13.8 Å². The van der Waals surface area contributed by atoms with Crippen molar-refractivity contribution in [2.75, 3.05) is 20.3 Å². The molecule has 0 aliphatic carbocycles. The number of Topliss-reactive ketones (excluding diaryl/α,β-unsaturated/α-hetero) is 1. The lowest BCUT2D eigenvalue weighted by Gasteiger charge is -2.28. The van der Waals surface area contributed by atoms with Crippen LogP contribution in [-0.4, -0.2) is 55.1 Å². The van der Waals surface area contributed by atoms with E-state index in [0.29, 0.717) is 0 Å². The van der Waals surface area contributed by atoms with E-state index in [4.69, 9.17) is 9.47 Å². The number of ketones is 1. The molecule has 0 aromatic rings. The number of hydrogen-bond donors (Lipinski definition) is 0. The highest BCUT2D eigenvalue weighted by Gasteiger charge is 2.42. The number of carbonyl (C=O) groups excluding carboxylic acids is 2. The fraction of sp³-hybridized carbons (Fsp3) is 0.833. The topological polar surface area (TPSA) is 55.8 Å². The number of methoxy groups -OCH3 is 1. The first-order valence-electron chi connectivity index (χ1n) is 5.92. The quantitative estimate of drug-likeness (QED) is 0.662. The second-order valence-electron chi connectivity index (χ2n) is 4.64. The zero-order chi connectivity index (χ0) is 13.0. The first-order valence-corrected chi connectivity index (χ1v) is 5.92. The van der Waals surface area contributed by atoms with Crippen LogP contribution < -0.4 is 0 Å². The molecule has 98 valence electrons. The van der Waals surface area contributed by atoms with Gasteiger partial charge in [0, 0.05) is 12.6 Å². The molecule has 0 N–H and O–H groups in total. The van der Waals surface area contributed by atoms with Crippen LogP contribution in [0.5, 0.6) is 0 Å². The molecule has 1 aliphatic heterocycles. The van der Waals surface area contributed by atoms with Crippen LogP contribution in [0.1, 0.15) is 27.2 Å². The van der Waals surface area contributed by atoms with Crippen LogP contribution in [0.15, 0.2) is 0 Å². The number of ether oxygens (including phenoxy) is 2. The summed E-state index contributed by atoms with van der Waals surface area (Å²) < 4.78 is 10.3. The van der Waals surface area contributed by atoms with Gasteiger partial charge in [0.2, 0.25) is 0 Å². The van der Waals surface area contributed by atoms with Crippen LogP contribution in [0.25, 0.3) is 0 Å². The van der Waals surface area contributed by atoms with Crippen molar-refractivity contribution < 1.29 is 19.1 Å². The Morgan fingerprint density at radius 2 is 2.06 bits per heavy atom. The van der Waals surface area contributed by atoms with E-state index >= 15 is 0 Å². The van der Waals surface area contributed by atoms with Crippen molar-refractivity contribution in [3.05, 3.63) is 0 Å². The summed E-state index contributed by atoms with van der Waals surface area (Å²) in [6.45, 7) is 6.39. The minimum atomic E-state index is -0.389. The van der Waals surface area contributed by atoms with E-state index in [0.717, 1.165) is 13.0 Å². The first kappa shape index (κ1) is 14.1. The Morgan fingerprint density at radius 1 is 1.41 bits per heavy atom. The Balaban J connectivity index is 2.70. The summed E-state index contributed by atoms with van der Waals surface area (Å²) in [6, 6.07) is -0.135. The molecule has 0 unspecified atom stereocenters. The molecule has 1 rings (SSSR count). The van der Waals surface area contributed by atoms with Crippen LogP contribution in [0, 0.1) is 0 Å². The maximum absolute atomic E-state index is 11.8. The molecule has 0 bridgehead atoms. The van der Waals surface area contributed by atoms with Gasteiger partial charge in [-0.15, -0.1) is 0 Å². The largest absolute Gasteiger partial charge is 0.468 e. The molecule has 1 saturated heterocycles. The SMILES string of the molecule is COC(=O)[C@@H]1[C@H](OCC(C)=O)CCN1C(C)C. The van der Waals surface area contributed by atoms with Crippen LogP contribution in [0.2, 0.25) is 0 Å². The molecule has 17 heavy (non-hydrogen) atoms. The van der Waals surface area contributed by atoms with Crippen molar-refractivity contribution in [3.8, 4) is 0 Å². The van der Waals surface area contributed by atoms with Crippen molar-refractivity contribution in [2.24, 2.45) is 0 Å². The Hall–Kier alpha value is -0.940. The number of nitrogens with zero attached hydrogens (tertiary/aromatic N) is 1. The number of rotatable bonds is 5. The summed E-state index contributed by atoms with van der Waals surface area (Å²) >= 11 is 0. The highest BCUT2D eigenvalue weighted by atomic mass is 16.5. The zero-order valence-corrected chi connectivity index (χ0v) is 10.9. The lowest BCUT2D eigenvalue weighted by atomic mass is 10.1. The zero-order valence-electron chi connectivity index (χ0n) is 10.9. The van der Waals surface area contributed by atoms with Gasteiger partial charge in [-0.3, -0.25) is 14.5 Å². The highest BCUT2D eigenvalue weighted by Crippen LogP contribution is 2.24. The van der Waals surface area contributed by atoms with E-state index in [9.17, 15) is 9.59 Å². The molecular formula is C12H21NO4. The normalized spacial score (nSPS) is 25.2. The summed E-state index contributed by atoms with van der Waals surface area (Å²) in [5.74, 6) is -0.318. The molecule has 0 saturated carbocycles.